The molecule has 0 aliphatic rings. The summed E-state index contributed by atoms with van der Waals surface area (Å²) in [5, 5.41) is 0. The summed E-state index contributed by atoms with van der Waals surface area (Å²) in [7, 11) is -1.82. The second-order valence-corrected chi connectivity index (χ2v) is 8.56. The third kappa shape index (κ3) is 3.40. The molecule has 2 N–H and O–H groups in total. The maximum absolute atomic E-state index is 11.7. The van der Waals surface area contributed by atoms with E-state index in [0.29, 0.717) is 11.3 Å². The monoisotopic (exact) mass is 223 g/mol. The molecular formula is C11H17NO2Si. The molecular weight excluding hydrogens is 206 g/mol. The molecule has 1 rings (SSSR count). The van der Waals surface area contributed by atoms with Crippen molar-refractivity contribution in [3.8, 4) is 0 Å². The zero-order valence-electron chi connectivity index (χ0n) is 9.41. The van der Waals surface area contributed by atoms with E-state index in [0.717, 1.165) is 6.04 Å². The minimum absolute atomic E-state index is 0.242. The third-order valence-electron chi connectivity index (χ3n) is 2.37. The standard InChI is InChI=1S/C11H17NO2Si/c1-4-15(2,3)14-11(13)9-5-7-10(12)8-6-9/h5-8H,4,12H2,1-3H3. The number of anilines is 1. The van der Waals surface area contributed by atoms with Crippen molar-refractivity contribution >= 4 is 20.0 Å². The Labute approximate surface area is 91.4 Å². The highest BCUT2D eigenvalue weighted by Crippen LogP contribution is 2.14. The lowest BCUT2D eigenvalue weighted by Crippen LogP contribution is -2.32. The number of nitrogens with two attached hydrogens (primary N) is 1. The first-order valence-electron chi connectivity index (χ1n) is 5.03. The average molecular weight is 223 g/mol. The van der Waals surface area contributed by atoms with Crippen LogP contribution in [0.3, 0.4) is 0 Å². The van der Waals surface area contributed by atoms with Crippen molar-refractivity contribution < 1.29 is 9.22 Å². The van der Waals surface area contributed by atoms with Crippen LogP contribution in [0.2, 0.25) is 19.1 Å². The second kappa shape index (κ2) is 4.48. The minimum atomic E-state index is -1.82. The number of hydrogen-bond donors (Lipinski definition) is 1. The fourth-order valence-electron chi connectivity index (χ4n) is 1.00. The number of benzene rings is 1. The van der Waals surface area contributed by atoms with Gasteiger partial charge in [0.1, 0.15) is 0 Å². The maximum Gasteiger partial charge on any atom is 0.324 e. The molecule has 0 amide bonds. The van der Waals surface area contributed by atoms with Crippen LogP contribution in [0.25, 0.3) is 0 Å². The van der Waals surface area contributed by atoms with Gasteiger partial charge in [0.15, 0.2) is 0 Å². The molecule has 82 valence electrons. The van der Waals surface area contributed by atoms with E-state index in [1.54, 1.807) is 24.3 Å². The molecule has 0 radical (unpaired) electrons. The highest BCUT2D eigenvalue weighted by atomic mass is 28.4. The molecule has 0 aliphatic carbocycles. The van der Waals surface area contributed by atoms with Gasteiger partial charge in [-0.3, -0.25) is 0 Å². The molecule has 0 spiro atoms. The van der Waals surface area contributed by atoms with Crippen molar-refractivity contribution in [1.29, 1.82) is 0 Å². The van der Waals surface area contributed by atoms with Crippen molar-refractivity contribution in [2.24, 2.45) is 0 Å². The van der Waals surface area contributed by atoms with Gasteiger partial charge in [-0.05, 0) is 43.4 Å². The molecule has 1 aromatic carbocycles. The molecule has 0 unspecified atom stereocenters. The Morgan fingerprint density at radius 2 is 1.87 bits per heavy atom. The Hall–Kier alpha value is -1.29. The van der Waals surface area contributed by atoms with Crippen LogP contribution in [0, 0.1) is 0 Å². The van der Waals surface area contributed by atoms with Crippen molar-refractivity contribution in [3.05, 3.63) is 29.8 Å². The predicted octanol–water partition coefficient (Wildman–Crippen LogP) is 2.65. The lowest BCUT2D eigenvalue weighted by molar-refractivity contribution is 0.0722. The van der Waals surface area contributed by atoms with Crippen molar-refractivity contribution in [2.45, 2.75) is 26.1 Å². The van der Waals surface area contributed by atoms with Crippen LogP contribution >= 0.6 is 0 Å². The molecule has 0 aromatic heterocycles. The van der Waals surface area contributed by atoms with Gasteiger partial charge >= 0.3 is 5.97 Å². The van der Waals surface area contributed by atoms with Crippen LogP contribution in [0.4, 0.5) is 5.69 Å². The quantitative estimate of drug-likeness (QED) is 0.633. The summed E-state index contributed by atoms with van der Waals surface area (Å²) in [6.07, 6.45) is 0. The highest BCUT2D eigenvalue weighted by molar-refractivity contribution is 6.72. The van der Waals surface area contributed by atoms with Crippen molar-refractivity contribution in [1.82, 2.24) is 0 Å². The van der Waals surface area contributed by atoms with Crippen molar-refractivity contribution in [2.75, 3.05) is 5.73 Å². The van der Waals surface area contributed by atoms with E-state index < -0.39 is 8.32 Å². The van der Waals surface area contributed by atoms with Crippen LogP contribution in [-0.4, -0.2) is 14.3 Å². The van der Waals surface area contributed by atoms with E-state index >= 15 is 0 Å². The summed E-state index contributed by atoms with van der Waals surface area (Å²) in [5.74, 6) is -0.242. The molecule has 15 heavy (non-hydrogen) atoms. The first kappa shape index (κ1) is 11.8. The molecule has 1 aromatic rings. The fraction of sp³-hybridized carbons (Fsp3) is 0.364. The van der Waals surface area contributed by atoms with E-state index in [1.165, 1.54) is 0 Å². The Balaban J connectivity index is 2.74. The van der Waals surface area contributed by atoms with E-state index in [9.17, 15) is 4.79 Å². The van der Waals surface area contributed by atoms with Crippen LogP contribution in [0.1, 0.15) is 17.3 Å². The average Bonchev–Trinajstić information content (AvgIpc) is 2.18. The van der Waals surface area contributed by atoms with Gasteiger partial charge in [0.05, 0.1) is 5.56 Å². The third-order valence-corrected chi connectivity index (χ3v) is 4.81. The number of hydrogen-bond acceptors (Lipinski definition) is 3. The molecule has 0 fully saturated rings. The van der Waals surface area contributed by atoms with E-state index in [-0.39, 0.29) is 5.97 Å². The molecule has 0 saturated heterocycles. The normalized spacial score (nSPS) is 11.1. The number of nitrogen functional groups attached to an aromatic ring is 1. The lowest BCUT2D eigenvalue weighted by atomic mass is 10.2. The van der Waals surface area contributed by atoms with Crippen molar-refractivity contribution in [3.63, 3.8) is 0 Å². The molecule has 0 bridgehead atoms. The van der Waals surface area contributed by atoms with Crippen LogP contribution in [0.5, 0.6) is 0 Å². The van der Waals surface area contributed by atoms with Gasteiger partial charge in [-0.25, -0.2) is 4.79 Å². The Kier molecular flexibility index (Phi) is 3.52. The predicted molar refractivity (Wildman–Crippen MR) is 64.2 cm³/mol. The molecule has 0 heterocycles. The summed E-state index contributed by atoms with van der Waals surface area (Å²) in [6, 6.07) is 7.72. The number of rotatable bonds is 3. The fourth-order valence-corrected chi connectivity index (χ4v) is 1.77. The SMILES string of the molecule is CC[Si](C)(C)OC(=O)c1ccc(N)cc1. The van der Waals surface area contributed by atoms with E-state index in [2.05, 4.69) is 0 Å². The van der Waals surface area contributed by atoms with Gasteiger partial charge in [-0.2, -0.15) is 0 Å². The smallest absolute Gasteiger partial charge is 0.324 e. The van der Waals surface area contributed by atoms with Gasteiger partial charge in [-0.1, -0.05) is 6.92 Å². The Morgan fingerprint density at radius 3 is 2.33 bits per heavy atom. The zero-order chi connectivity index (χ0) is 11.5. The molecule has 4 heteroatoms. The highest BCUT2D eigenvalue weighted by Gasteiger charge is 2.24. The maximum atomic E-state index is 11.7. The second-order valence-electron chi connectivity index (χ2n) is 4.12. The van der Waals surface area contributed by atoms with E-state index in [1.807, 2.05) is 20.0 Å². The summed E-state index contributed by atoms with van der Waals surface area (Å²) in [4.78, 5) is 11.7. The summed E-state index contributed by atoms with van der Waals surface area (Å²) >= 11 is 0. The van der Waals surface area contributed by atoms with Gasteiger partial charge in [-0.15, -0.1) is 0 Å². The first-order chi connectivity index (χ1) is 6.94. The largest absolute Gasteiger partial charge is 0.516 e. The molecule has 0 atom stereocenters. The molecule has 3 nitrogen and oxygen atoms in total. The van der Waals surface area contributed by atoms with E-state index in [4.69, 9.17) is 10.2 Å². The Morgan fingerprint density at radius 1 is 1.33 bits per heavy atom. The zero-order valence-corrected chi connectivity index (χ0v) is 10.4. The number of carbonyl (C=O) groups is 1. The van der Waals surface area contributed by atoms with Gasteiger partial charge in [0, 0.05) is 5.69 Å². The minimum Gasteiger partial charge on any atom is -0.516 e. The summed E-state index contributed by atoms with van der Waals surface area (Å²) < 4.78 is 5.47. The topological polar surface area (TPSA) is 52.3 Å². The van der Waals surface area contributed by atoms with Gasteiger partial charge in [0.2, 0.25) is 8.32 Å². The Bertz CT molecular complexity index is 346. The number of carbonyl (C=O) groups excluding carboxylic acids is 1. The molecule has 0 aliphatic heterocycles. The summed E-state index contributed by atoms with van der Waals surface area (Å²) in [5.41, 5.74) is 6.76. The summed E-state index contributed by atoms with van der Waals surface area (Å²) in [6.45, 7) is 6.10. The van der Waals surface area contributed by atoms with Gasteiger partial charge < -0.3 is 10.2 Å². The van der Waals surface area contributed by atoms with Crippen LogP contribution in [0.15, 0.2) is 24.3 Å². The van der Waals surface area contributed by atoms with Crippen LogP contribution in [-0.2, 0) is 4.43 Å². The van der Waals surface area contributed by atoms with Crippen LogP contribution < -0.4 is 5.73 Å². The van der Waals surface area contributed by atoms with Gasteiger partial charge in [0.25, 0.3) is 0 Å². The molecule has 0 saturated carbocycles. The first-order valence-corrected chi connectivity index (χ1v) is 8.15. The lowest BCUT2D eigenvalue weighted by Gasteiger charge is -2.20.